The summed E-state index contributed by atoms with van der Waals surface area (Å²) >= 11 is 0. The summed E-state index contributed by atoms with van der Waals surface area (Å²) in [7, 11) is 0. The van der Waals surface area contributed by atoms with Crippen LogP contribution in [0.3, 0.4) is 0 Å². The van der Waals surface area contributed by atoms with Gasteiger partial charge in [-0.1, -0.05) is 6.42 Å². The van der Waals surface area contributed by atoms with Crippen LogP contribution in [0, 0.1) is 5.92 Å². The van der Waals surface area contributed by atoms with Gasteiger partial charge in [0, 0.05) is 6.54 Å². The Morgan fingerprint density at radius 3 is 2.10 bits per heavy atom. The monoisotopic (exact) mass is 445 g/mol. The number of amides is 1. The molecule has 0 aromatic carbocycles. The number of aliphatic hydroxyl groups is 1. The number of ketones is 2. The van der Waals surface area contributed by atoms with Crippen LogP contribution >= 0.6 is 0 Å². The largest absolute Gasteiger partial charge is 0.481 e. The van der Waals surface area contributed by atoms with Crippen LogP contribution in [0.2, 0.25) is 0 Å². The number of aliphatic carboxylic acids is 2. The zero-order chi connectivity index (χ0) is 23.9. The summed E-state index contributed by atoms with van der Waals surface area (Å²) in [5, 5.41) is 28.3. The van der Waals surface area contributed by atoms with E-state index in [2.05, 4.69) is 0 Å². The Hall–Kier alpha value is -2.45. The molecule has 1 aliphatic rings. The maximum absolute atomic E-state index is 13.2. The number of hydrogen-bond donors (Lipinski definition) is 7. The highest BCUT2D eigenvalue weighted by Crippen LogP contribution is 2.39. The van der Waals surface area contributed by atoms with Crippen molar-refractivity contribution >= 4 is 29.4 Å². The van der Waals surface area contributed by atoms with Gasteiger partial charge in [-0.05, 0) is 25.8 Å². The number of unbranched alkanes of at least 4 members (excludes halogenated alkanes) is 1. The second-order valence-corrected chi connectivity index (χ2v) is 7.55. The molecular weight excluding hydrogens is 414 g/mol. The Bertz CT molecular complexity index is 717. The highest BCUT2D eigenvalue weighted by Gasteiger charge is 2.65. The summed E-state index contributed by atoms with van der Waals surface area (Å²) in [5.41, 5.74) is 19.8. The number of nitrogens with two attached hydrogens (primary N) is 4. The molecule has 1 aliphatic heterocycles. The lowest BCUT2D eigenvalue weighted by Crippen LogP contribution is -2.69. The molecule has 1 rings (SSSR count). The number of aliphatic hydroxyl groups excluding tert-OH is 1. The predicted octanol–water partition coefficient (Wildman–Crippen LogP) is -3.63. The van der Waals surface area contributed by atoms with Crippen molar-refractivity contribution in [2.75, 3.05) is 19.7 Å². The quantitative estimate of drug-likeness (QED) is 0.107. The third kappa shape index (κ3) is 5.43. The number of hydrogen-bond acceptors (Lipinski definition) is 10. The van der Waals surface area contributed by atoms with Gasteiger partial charge in [0.15, 0.2) is 11.6 Å². The molecule has 1 amide bonds. The predicted molar refractivity (Wildman–Crippen MR) is 106 cm³/mol. The van der Waals surface area contributed by atoms with Crippen LogP contribution in [0.25, 0.3) is 0 Å². The van der Waals surface area contributed by atoms with E-state index < -0.39 is 72.0 Å². The summed E-state index contributed by atoms with van der Waals surface area (Å²) in [4.78, 5) is 63.1. The average molecular weight is 445 g/mol. The van der Waals surface area contributed by atoms with Gasteiger partial charge in [-0.25, -0.2) is 4.79 Å². The summed E-state index contributed by atoms with van der Waals surface area (Å²) < 4.78 is 0. The molecule has 0 spiro atoms. The lowest BCUT2D eigenvalue weighted by atomic mass is 9.74. The number of carboxylic acids is 2. The van der Waals surface area contributed by atoms with Crippen molar-refractivity contribution in [3.8, 4) is 0 Å². The van der Waals surface area contributed by atoms with E-state index in [1.807, 2.05) is 0 Å². The lowest BCUT2D eigenvalue weighted by Gasteiger charge is -2.39. The van der Waals surface area contributed by atoms with Crippen molar-refractivity contribution < 1.29 is 39.3 Å². The van der Waals surface area contributed by atoms with Crippen molar-refractivity contribution in [2.45, 2.75) is 55.8 Å². The molecule has 1 heterocycles. The molecule has 1 fully saturated rings. The average Bonchev–Trinajstić information content (AvgIpc) is 3.12. The molecule has 13 nitrogen and oxygen atoms in total. The van der Waals surface area contributed by atoms with Crippen molar-refractivity contribution in [3.63, 3.8) is 0 Å². The summed E-state index contributed by atoms with van der Waals surface area (Å²) in [6, 6.07) is -4.48. The van der Waals surface area contributed by atoms with Gasteiger partial charge in [0.1, 0.15) is 0 Å². The molecule has 0 aromatic heterocycles. The van der Waals surface area contributed by atoms with Gasteiger partial charge in [0.05, 0.1) is 37.1 Å². The van der Waals surface area contributed by atoms with Gasteiger partial charge in [-0.2, -0.15) is 0 Å². The minimum absolute atomic E-state index is 0.159. The maximum Gasteiger partial charge on any atom is 0.338 e. The number of Topliss-reactive ketones (excluding diaryl/α,β-unsaturated/α-hetero) is 2. The number of carbonyl (C=O) groups excluding carboxylic acids is 3. The van der Waals surface area contributed by atoms with Crippen molar-refractivity contribution in [1.29, 1.82) is 0 Å². The number of rotatable bonds is 13. The van der Waals surface area contributed by atoms with E-state index >= 15 is 0 Å². The van der Waals surface area contributed by atoms with E-state index in [0.717, 1.165) is 0 Å². The molecule has 5 atom stereocenters. The fourth-order valence-electron chi connectivity index (χ4n) is 3.88. The number of carboxylic acid groups (broad SMARTS) is 2. The molecule has 0 saturated carbocycles. The second-order valence-electron chi connectivity index (χ2n) is 7.55. The van der Waals surface area contributed by atoms with E-state index in [1.165, 1.54) is 0 Å². The number of nitrogens with zero attached hydrogens (tertiary/aromatic N) is 1. The van der Waals surface area contributed by atoms with Gasteiger partial charge < -0.3 is 43.2 Å². The molecule has 11 N–H and O–H groups in total. The van der Waals surface area contributed by atoms with Crippen LogP contribution < -0.4 is 22.9 Å². The van der Waals surface area contributed by atoms with E-state index in [9.17, 15) is 34.2 Å². The Kier molecular flexibility index (Phi) is 9.65. The first-order valence-corrected chi connectivity index (χ1v) is 9.89. The van der Waals surface area contributed by atoms with Crippen LogP contribution in [0.15, 0.2) is 0 Å². The Balaban J connectivity index is 3.48. The van der Waals surface area contributed by atoms with Gasteiger partial charge in [0.2, 0.25) is 11.4 Å². The minimum Gasteiger partial charge on any atom is -0.481 e. The van der Waals surface area contributed by atoms with Crippen molar-refractivity contribution in [1.82, 2.24) is 4.90 Å². The summed E-state index contributed by atoms with van der Waals surface area (Å²) in [5.74, 6) is -8.09. The molecule has 5 unspecified atom stereocenters. The van der Waals surface area contributed by atoms with Gasteiger partial charge >= 0.3 is 11.9 Å². The maximum atomic E-state index is 13.2. The van der Waals surface area contributed by atoms with E-state index in [4.69, 9.17) is 28.0 Å². The molecule has 176 valence electrons. The first-order chi connectivity index (χ1) is 14.5. The van der Waals surface area contributed by atoms with Gasteiger partial charge in [-0.3, -0.25) is 19.2 Å². The highest BCUT2D eigenvalue weighted by molar-refractivity contribution is 6.17. The van der Waals surface area contributed by atoms with Crippen LogP contribution in [-0.4, -0.2) is 93.0 Å². The van der Waals surface area contributed by atoms with Gasteiger partial charge in [-0.15, -0.1) is 0 Å². The first kappa shape index (κ1) is 26.6. The minimum atomic E-state index is -2.78. The number of carbonyl (C=O) groups is 5. The molecule has 0 bridgehead atoms. The lowest BCUT2D eigenvalue weighted by molar-refractivity contribution is -0.167. The normalized spacial score (nSPS) is 23.8. The molecule has 0 aliphatic carbocycles. The molecular formula is C18H31N5O8. The molecule has 0 aromatic rings. The summed E-state index contributed by atoms with van der Waals surface area (Å²) in [6.07, 6.45) is 0.0465. The fraction of sp³-hybridized carbons (Fsp3) is 0.722. The molecule has 31 heavy (non-hydrogen) atoms. The first-order valence-electron chi connectivity index (χ1n) is 9.89. The third-order valence-corrected chi connectivity index (χ3v) is 5.46. The standard InChI is InChI=1S/C18H31N5O8/c19-5-2-1-3-10(20)16(29)23-6-4-9(14(27)12(22)8-24)18(23,17(30)31)15(28)11(21)7-13(25)26/h9-12,24H,1-8,19-22H2,(H,25,26)(H,30,31). The van der Waals surface area contributed by atoms with Crippen LogP contribution in [0.4, 0.5) is 0 Å². The van der Waals surface area contributed by atoms with Gasteiger partial charge in [0.25, 0.3) is 0 Å². The summed E-state index contributed by atoms with van der Waals surface area (Å²) in [6.45, 7) is -0.759. The van der Waals surface area contributed by atoms with Crippen LogP contribution in [-0.2, 0) is 24.0 Å². The van der Waals surface area contributed by atoms with Crippen LogP contribution in [0.1, 0.15) is 32.1 Å². The zero-order valence-corrected chi connectivity index (χ0v) is 17.1. The Morgan fingerprint density at radius 1 is 1.00 bits per heavy atom. The second kappa shape index (κ2) is 11.2. The SMILES string of the molecule is NCCCCC(N)C(=O)N1CCC(C(=O)C(N)CO)C1(C(=O)O)C(=O)C(N)CC(=O)O. The Labute approximate surface area is 178 Å². The highest BCUT2D eigenvalue weighted by atomic mass is 16.4. The smallest absolute Gasteiger partial charge is 0.338 e. The zero-order valence-electron chi connectivity index (χ0n) is 17.1. The van der Waals surface area contributed by atoms with Crippen molar-refractivity contribution in [3.05, 3.63) is 0 Å². The van der Waals surface area contributed by atoms with Crippen LogP contribution in [0.5, 0.6) is 0 Å². The fourth-order valence-corrected chi connectivity index (χ4v) is 3.88. The van der Waals surface area contributed by atoms with E-state index in [-0.39, 0.29) is 19.4 Å². The molecule has 0 radical (unpaired) electrons. The number of likely N-dealkylation sites (tertiary alicyclic amines) is 1. The molecule has 13 heteroatoms. The van der Waals surface area contributed by atoms with Crippen molar-refractivity contribution in [2.24, 2.45) is 28.9 Å². The topological polar surface area (TPSA) is 253 Å². The Morgan fingerprint density at radius 2 is 1.61 bits per heavy atom. The van der Waals surface area contributed by atoms with E-state index in [0.29, 0.717) is 24.3 Å². The van der Waals surface area contributed by atoms with E-state index in [1.54, 1.807) is 0 Å². The third-order valence-electron chi connectivity index (χ3n) is 5.46. The molecule has 1 saturated heterocycles.